The van der Waals surface area contributed by atoms with Crippen LogP contribution < -0.4 is 61.3 Å². The van der Waals surface area contributed by atoms with E-state index < -0.39 is 289 Å². The molecule has 6 amide bonds. The van der Waals surface area contributed by atoms with Crippen LogP contribution in [0.15, 0.2) is 170 Å². The van der Waals surface area contributed by atoms with Crippen LogP contribution in [0.1, 0.15) is 94.3 Å². The second-order valence-electron chi connectivity index (χ2n) is 33.2. The van der Waals surface area contributed by atoms with Gasteiger partial charge in [0.2, 0.25) is 53.8 Å². The SMILES string of the molecule is CC(=O)NC1[C@H](O[C@@H]2c3ccc(c(Cl)c3)Oc3cc4cc(c3O[C@@H]3OC(CO)[C@@H](O)[C@H](O)C3NC(=O)Cc3ccc(-c5ccccc5)cc3)Oc3ccc(cc3Cl)C[C@H]3NC(=O)[C@H](N)c5ccc(O)c(c5)Oc5cc(O)cc(c5)[C@H](CC3=O)C(=O)N[C@H]4C(=O)C[C@H]3C(=O)N[C@@H]2C(=O)NCc2cc(O)cc(O[C@H]4OC(CO)[C@@H](O)C(O)[C@H]4O)c2-c2cc3ccc2O)OC(CO)[C@@H](O)[C@@H]1O.O=C=O. The maximum absolute atomic E-state index is 17.2. The topological polar surface area (TPSA) is 635 Å². The van der Waals surface area contributed by atoms with E-state index in [0.717, 1.165) is 78.7 Å². The Bertz CT molecular complexity index is 6090. The first-order valence-corrected chi connectivity index (χ1v) is 43.3. The van der Waals surface area contributed by atoms with Crippen LogP contribution in [0.4, 0.5) is 0 Å². The van der Waals surface area contributed by atoms with Gasteiger partial charge in [0, 0.05) is 49.6 Å². The Kier molecular flexibility index (Phi) is 29.7. The second kappa shape index (κ2) is 41.5. The number of nitrogens with two attached hydrogens (primary N) is 1. The summed E-state index contributed by atoms with van der Waals surface area (Å²) in [5.41, 5.74) is 7.06. The smallest absolute Gasteiger partial charge is 0.373 e. The van der Waals surface area contributed by atoms with E-state index in [2.05, 4.69) is 31.9 Å². The fourth-order valence-corrected chi connectivity index (χ4v) is 17.6. The molecule has 714 valence electrons. The number of phenols is 4. The van der Waals surface area contributed by atoms with Crippen molar-refractivity contribution in [2.45, 2.75) is 173 Å². The Balaban J connectivity index is 0.00000463. The molecule has 9 aromatic rings. The number of ether oxygens (including phenoxy) is 9. The number of hydrogen-bond acceptors (Lipinski definition) is 34. The zero-order chi connectivity index (χ0) is 97.1. The molecule has 136 heavy (non-hydrogen) atoms. The molecular weight excluding hydrogens is 1830 g/mol. The van der Waals surface area contributed by atoms with Gasteiger partial charge in [0.25, 0.3) is 0 Å². The highest BCUT2D eigenvalue weighted by molar-refractivity contribution is 6.32. The van der Waals surface area contributed by atoms with Gasteiger partial charge in [-0.2, -0.15) is 9.59 Å². The van der Waals surface area contributed by atoms with E-state index >= 15 is 24.0 Å². The van der Waals surface area contributed by atoms with Crippen molar-refractivity contribution in [3.05, 3.63) is 224 Å². The van der Waals surface area contributed by atoms with Crippen molar-refractivity contribution >= 4 is 76.4 Å². The Hall–Kier alpha value is -13.3. The number of fused-ring (bicyclic) bond motifs is 14. The number of nitrogens with one attached hydrogen (secondary N) is 6. The summed E-state index contributed by atoms with van der Waals surface area (Å²) >= 11 is 14.8. The van der Waals surface area contributed by atoms with E-state index in [1.54, 1.807) is 24.3 Å². The number of hydrogen-bond donors (Lipinski definition) is 21. The number of carbonyl (C=O) groups excluding carboxylic acids is 10. The molecule has 9 aliphatic heterocycles. The molecule has 22 atom stereocenters. The predicted octanol–water partition coefficient (Wildman–Crippen LogP) is 2.49. The molecule has 0 spiro atoms. The van der Waals surface area contributed by atoms with Crippen molar-refractivity contribution in [1.82, 2.24) is 31.9 Å². The van der Waals surface area contributed by atoms with Crippen molar-refractivity contribution < 1.29 is 162 Å². The van der Waals surface area contributed by atoms with E-state index in [-0.39, 0.29) is 79.4 Å². The molecule has 40 nitrogen and oxygen atoms in total. The lowest BCUT2D eigenvalue weighted by atomic mass is 9.85. The first-order chi connectivity index (χ1) is 65.1. The molecule has 18 rings (SSSR count). The van der Waals surface area contributed by atoms with E-state index in [1.807, 2.05) is 30.3 Å². The molecule has 17 bridgehead atoms. The van der Waals surface area contributed by atoms with Gasteiger partial charge in [-0.1, -0.05) is 102 Å². The fraction of sp³-hybridized carbons (Fsp3) is 0.330. The summed E-state index contributed by atoms with van der Waals surface area (Å²) in [4.78, 5) is 141. The summed E-state index contributed by atoms with van der Waals surface area (Å²) in [6.45, 7) is -2.71. The fourth-order valence-electron chi connectivity index (χ4n) is 17.2. The quantitative estimate of drug-likeness (QED) is 0.0743. The third kappa shape index (κ3) is 20.9. The number of ketones is 2. The first kappa shape index (κ1) is 97.2. The minimum atomic E-state index is -2.32. The number of amides is 6. The van der Waals surface area contributed by atoms with E-state index in [4.69, 9.17) is 81.2 Å². The molecule has 0 saturated carbocycles. The third-order valence-electron chi connectivity index (χ3n) is 24.2. The maximum atomic E-state index is 17.2. The normalized spacial score (nSPS) is 27.7. The van der Waals surface area contributed by atoms with Crippen LogP contribution in [-0.2, 0) is 86.3 Å². The predicted molar refractivity (Wildman–Crippen MR) is 467 cm³/mol. The van der Waals surface area contributed by atoms with Gasteiger partial charge in [0.15, 0.2) is 40.9 Å². The zero-order valence-electron chi connectivity index (χ0n) is 71.4. The van der Waals surface area contributed by atoms with Crippen LogP contribution in [0.5, 0.6) is 69.0 Å². The molecule has 6 unspecified atom stereocenters. The third-order valence-corrected chi connectivity index (χ3v) is 24.7. The summed E-state index contributed by atoms with van der Waals surface area (Å²) < 4.78 is 58.1. The largest absolute Gasteiger partial charge is 0.508 e. The summed E-state index contributed by atoms with van der Waals surface area (Å²) in [5.74, 6) is -18.8. The number of halogens is 2. The molecule has 0 aliphatic carbocycles. The van der Waals surface area contributed by atoms with Crippen molar-refractivity contribution in [2.24, 2.45) is 5.73 Å². The zero-order valence-corrected chi connectivity index (χ0v) is 72.9. The van der Waals surface area contributed by atoms with Gasteiger partial charge in [-0.05, 0) is 141 Å². The Morgan fingerprint density at radius 1 is 0.500 bits per heavy atom. The highest BCUT2D eigenvalue weighted by Crippen LogP contribution is 2.51. The van der Waals surface area contributed by atoms with Crippen molar-refractivity contribution in [2.75, 3.05) is 19.8 Å². The number of aliphatic hydroxyl groups is 10. The molecule has 3 saturated heterocycles. The lowest BCUT2D eigenvalue weighted by molar-refractivity contribution is -0.284. The van der Waals surface area contributed by atoms with Crippen molar-refractivity contribution in [3.63, 3.8) is 0 Å². The number of benzene rings is 9. The molecule has 3 fully saturated rings. The van der Waals surface area contributed by atoms with Gasteiger partial charge >= 0.3 is 6.15 Å². The monoisotopic (exact) mass is 1920 g/mol. The Morgan fingerprint density at radius 2 is 1.07 bits per heavy atom. The minimum absolute atomic E-state index is 0.0659. The lowest BCUT2D eigenvalue weighted by Gasteiger charge is -2.44. The highest BCUT2D eigenvalue weighted by atomic mass is 35.5. The van der Waals surface area contributed by atoms with Gasteiger partial charge in [-0.3, -0.25) is 38.4 Å². The van der Waals surface area contributed by atoms with Crippen LogP contribution in [0.2, 0.25) is 10.0 Å². The molecule has 22 N–H and O–H groups in total. The average Bonchev–Trinajstić information content (AvgIpc) is 0.761. The number of carbonyl (C=O) groups is 8. The van der Waals surface area contributed by atoms with E-state index in [9.17, 15) is 85.9 Å². The molecule has 0 aromatic heterocycles. The molecule has 9 heterocycles. The van der Waals surface area contributed by atoms with E-state index in [0.29, 0.717) is 5.56 Å². The number of phenolic OH excluding ortho intramolecular Hbond substituents is 4. The van der Waals surface area contributed by atoms with Gasteiger partial charge in [-0.25, -0.2) is 0 Å². The number of aromatic hydroxyl groups is 4. The van der Waals surface area contributed by atoms with Gasteiger partial charge in [-0.15, -0.1) is 0 Å². The number of aliphatic hydroxyl groups excluding tert-OH is 10. The summed E-state index contributed by atoms with van der Waals surface area (Å²) in [5, 5.41) is 175. The average molecular weight is 1920 g/mol. The molecule has 9 aliphatic rings. The van der Waals surface area contributed by atoms with Crippen molar-refractivity contribution in [3.8, 4) is 91.2 Å². The van der Waals surface area contributed by atoms with Crippen LogP contribution >= 0.6 is 23.2 Å². The molecule has 0 radical (unpaired) electrons. The lowest BCUT2D eigenvalue weighted by Crippen LogP contribution is -2.65. The van der Waals surface area contributed by atoms with Crippen molar-refractivity contribution in [1.29, 1.82) is 0 Å². The summed E-state index contributed by atoms with van der Waals surface area (Å²) in [6, 6.07) is 27.2. The number of Topliss-reactive ketones (excluding diaryl/α,β-unsaturated/α-hetero) is 2. The van der Waals surface area contributed by atoms with Crippen LogP contribution in [0.3, 0.4) is 0 Å². The van der Waals surface area contributed by atoms with Gasteiger partial charge < -0.3 is 152 Å². The molecular formula is C94H91Cl2N7O33. The Labute approximate surface area is 780 Å². The number of rotatable bonds is 14. The first-order valence-electron chi connectivity index (χ1n) is 42.5. The standard InChI is InChI=1S/C93H91Cl2N7O31.CO2/c1-38(106)98-75-81(117)78(114)68(35-103)129-91(75)132-85-45-14-18-63(56(95)26-45)127-67-29-47-28-66(86(67)133-92-76(82(118)79(115)69(36-104)130-92)100-71(113)21-39-7-10-42(11-8-39)41-5-3-2-4-6-41)126-62-17-9-40(19-55(62)94)20-57-60(111)32-53(46-22-49(107)30-51(24-46)125-64-27-44(13-16-59(64)110)73(96)89(123)99-57)88(122)101-74(47)61(112)33-52-43-12-15-58(109)54(25-43)72-48(34-97-90(124)77(85)102-87(52)121)23-50(108)31-65(72)128-93-84(120)83(119)80(116)70(37-105)131-93;2-1-3/h2-19,22-31,52-53,57,68-70,73-85,91-93,103-105,107-110,114-120H,20-21,32-37,96H2,1H3,(H,97,124)(H,98,106)(H,99,123)(H,100,113)(H,101,122)(H,102,121);/t52-,53+,57-,68?,69?,70?,73-,74-,75?,76?,77+,78-,79-,80-,81-,82-,83?,84-,85-,91+,92+,93+;/m1./s1. The summed E-state index contributed by atoms with van der Waals surface area (Å²) in [6.07, 6.45) is -30.2. The van der Waals surface area contributed by atoms with Gasteiger partial charge in [0.1, 0.15) is 138 Å². The molecule has 42 heteroatoms. The van der Waals surface area contributed by atoms with Crippen LogP contribution in [0, 0.1) is 0 Å². The molecule has 9 aromatic carbocycles. The highest BCUT2D eigenvalue weighted by Gasteiger charge is 2.52. The van der Waals surface area contributed by atoms with Gasteiger partial charge in [0.05, 0.1) is 54.2 Å². The Morgan fingerprint density at radius 3 is 1.73 bits per heavy atom. The van der Waals surface area contributed by atoms with Crippen LogP contribution in [0.25, 0.3) is 22.3 Å². The van der Waals surface area contributed by atoms with E-state index in [1.165, 1.54) is 54.6 Å². The second-order valence-corrected chi connectivity index (χ2v) is 34.0. The minimum Gasteiger partial charge on any atom is -0.508 e. The van der Waals surface area contributed by atoms with Crippen LogP contribution in [-0.4, -0.2) is 249 Å². The maximum Gasteiger partial charge on any atom is 0.373 e. The summed E-state index contributed by atoms with van der Waals surface area (Å²) in [7, 11) is 0.